The molecule has 0 unspecified atom stereocenters. The SMILES string of the molecule is CC(C)c1cccc(C(C)C)c1-n1cc(C2=CCCCC2)[n+](-c2c(C(C)C)cccc2C(C)C)n1. The molecule has 0 fully saturated rings. The Morgan fingerprint density at radius 3 is 1.69 bits per heavy atom. The van der Waals surface area contributed by atoms with Crippen LogP contribution in [0.3, 0.4) is 0 Å². The van der Waals surface area contributed by atoms with Crippen molar-refractivity contribution < 1.29 is 4.68 Å². The van der Waals surface area contributed by atoms with Gasteiger partial charge in [-0.1, -0.05) is 103 Å². The lowest BCUT2D eigenvalue weighted by Crippen LogP contribution is -2.40. The fourth-order valence-electron chi connectivity index (χ4n) is 5.44. The van der Waals surface area contributed by atoms with Crippen LogP contribution in [-0.2, 0) is 0 Å². The fraction of sp³-hybridized carbons (Fsp3) is 0.500. The van der Waals surface area contributed by atoms with Crippen molar-refractivity contribution in [2.24, 2.45) is 0 Å². The second-order valence-electron chi connectivity index (χ2n) is 11.4. The molecule has 0 bridgehead atoms. The number of rotatable bonds is 7. The van der Waals surface area contributed by atoms with Crippen LogP contribution in [0.4, 0.5) is 0 Å². The number of hydrogen-bond acceptors (Lipinski definition) is 1. The van der Waals surface area contributed by atoms with Crippen LogP contribution in [0.15, 0.2) is 48.7 Å². The molecule has 0 saturated carbocycles. The fourth-order valence-corrected chi connectivity index (χ4v) is 5.44. The lowest BCUT2D eigenvalue weighted by Gasteiger charge is -2.17. The van der Waals surface area contributed by atoms with E-state index in [0.29, 0.717) is 23.7 Å². The van der Waals surface area contributed by atoms with Gasteiger partial charge in [-0.15, -0.1) is 4.68 Å². The molecule has 0 atom stereocenters. The molecule has 0 amide bonds. The standard InChI is InChI=1S/C32H44N3/c1-21(2)26-16-12-17-27(22(3)4)31(26)34-20-30(25-14-10-9-11-15-25)35(33-34)32-28(23(5)6)18-13-19-29(32)24(7)8/h12-14,16-24H,9-11,15H2,1-8H3/q+1. The first-order valence-corrected chi connectivity index (χ1v) is 13.7. The van der Waals surface area contributed by atoms with Crippen molar-refractivity contribution in [2.75, 3.05) is 0 Å². The zero-order valence-corrected chi connectivity index (χ0v) is 23.1. The highest BCUT2D eigenvalue weighted by Gasteiger charge is 2.31. The quantitative estimate of drug-likeness (QED) is 0.317. The molecule has 0 radical (unpaired) electrons. The first-order valence-electron chi connectivity index (χ1n) is 13.7. The highest BCUT2D eigenvalue weighted by atomic mass is 15.5. The number of hydrogen-bond donors (Lipinski definition) is 0. The Labute approximate surface area is 212 Å². The van der Waals surface area contributed by atoms with Crippen molar-refractivity contribution in [1.82, 2.24) is 9.90 Å². The van der Waals surface area contributed by atoms with Gasteiger partial charge in [-0.2, -0.15) is 0 Å². The number of benzene rings is 2. The molecular formula is C32H44N3+. The topological polar surface area (TPSA) is 21.7 Å². The van der Waals surface area contributed by atoms with Gasteiger partial charge in [-0.25, -0.2) is 0 Å². The van der Waals surface area contributed by atoms with Crippen molar-refractivity contribution in [2.45, 2.75) is 105 Å². The molecule has 3 heteroatoms. The maximum atomic E-state index is 5.39. The molecule has 2 aromatic carbocycles. The average Bonchev–Trinajstić information content (AvgIpc) is 3.28. The molecule has 0 saturated heterocycles. The first kappa shape index (κ1) is 25.4. The maximum Gasteiger partial charge on any atom is 0.200 e. The van der Waals surface area contributed by atoms with E-state index in [2.05, 4.69) is 113 Å². The van der Waals surface area contributed by atoms with E-state index < -0.39 is 0 Å². The summed E-state index contributed by atoms with van der Waals surface area (Å²) in [6.45, 7) is 18.3. The first-order chi connectivity index (χ1) is 16.7. The normalized spacial score (nSPS) is 14.5. The molecule has 4 rings (SSSR count). The van der Waals surface area contributed by atoms with Crippen LogP contribution < -0.4 is 4.68 Å². The highest BCUT2D eigenvalue weighted by Crippen LogP contribution is 2.34. The van der Waals surface area contributed by atoms with E-state index in [0.717, 1.165) is 12.8 Å². The van der Waals surface area contributed by atoms with Gasteiger partial charge in [0.25, 0.3) is 0 Å². The molecule has 0 aliphatic heterocycles. The minimum absolute atomic E-state index is 0.420. The van der Waals surface area contributed by atoms with Gasteiger partial charge in [-0.3, -0.25) is 0 Å². The predicted molar refractivity (Wildman–Crippen MR) is 148 cm³/mol. The third-order valence-corrected chi connectivity index (χ3v) is 7.40. The number of nitrogens with zero attached hydrogens (tertiary/aromatic N) is 3. The molecule has 1 heterocycles. The lowest BCUT2D eigenvalue weighted by atomic mass is 9.92. The monoisotopic (exact) mass is 470 g/mol. The Balaban J connectivity index is 2.07. The van der Waals surface area contributed by atoms with Crippen molar-refractivity contribution in [3.05, 3.63) is 76.6 Å². The van der Waals surface area contributed by atoms with Gasteiger partial charge in [0.2, 0.25) is 5.69 Å². The molecular weight excluding hydrogens is 426 g/mol. The third kappa shape index (κ3) is 5.01. The summed E-state index contributed by atoms with van der Waals surface area (Å²) in [5.74, 6) is 1.69. The van der Waals surface area contributed by atoms with E-state index in [1.54, 1.807) is 0 Å². The summed E-state index contributed by atoms with van der Waals surface area (Å²) >= 11 is 0. The van der Waals surface area contributed by atoms with E-state index in [1.165, 1.54) is 57.7 Å². The molecule has 1 aromatic heterocycles. The van der Waals surface area contributed by atoms with Crippen LogP contribution in [0.2, 0.25) is 0 Å². The Bertz CT molecular complexity index is 1160. The van der Waals surface area contributed by atoms with Gasteiger partial charge >= 0.3 is 0 Å². The molecule has 186 valence electrons. The second kappa shape index (κ2) is 10.5. The number of para-hydroxylation sites is 2. The predicted octanol–water partition coefficient (Wildman–Crippen LogP) is 8.60. The van der Waals surface area contributed by atoms with Crippen LogP contribution in [-0.4, -0.2) is 9.90 Å². The third-order valence-electron chi connectivity index (χ3n) is 7.40. The zero-order chi connectivity index (χ0) is 25.3. The molecule has 1 aliphatic carbocycles. The van der Waals surface area contributed by atoms with Gasteiger partial charge in [0.1, 0.15) is 5.21 Å². The molecule has 1 aliphatic rings. The molecule has 3 aromatic rings. The van der Waals surface area contributed by atoms with Gasteiger partial charge < -0.3 is 0 Å². The molecule has 3 nitrogen and oxygen atoms in total. The maximum absolute atomic E-state index is 5.39. The highest BCUT2D eigenvalue weighted by molar-refractivity contribution is 5.62. The Hall–Kier alpha value is -2.68. The van der Waals surface area contributed by atoms with Crippen LogP contribution in [0, 0.1) is 0 Å². The Kier molecular flexibility index (Phi) is 7.64. The Morgan fingerprint density at radius 1 is 0.714 bits per heavy atom. The van der Waals surface area contributed by atoms with Crippen LogP contribution in [0.1, 0.15) is 133 Å². The summed E-state index contributed by atoms with van der Waals surface area (Å²) in [7, 11) is 0. The summed E-state index contributed by atoms with van der Waals surface area (Å²) < 4.78 is 4.47. The number of allylic oxidation sites excluding steroid dienone is 2. The lowest BCUT2D eigenvalue weighted by molar-refractivity contribution is -0.664. The van der Waals surface area contributed by atoms with Crippen LogP contribution in [0.5, 0.6) is 0 Å². The van der Waals surface area contributed by atoms with E-state index in [4.69, 9.17) is 5.21 Å². The molecule has 0 spiro atoms. The van der Waals surface area contributed by atoms with Crippen LogP contribution >= 0.6 is 0 Å². The van der Waals surface area contributed by atoms with E-state index >= 15 is 0 Å². The molecule has 0 N–H and O–H groups in total. The summed E-state index contributed by atoms with van der Waals surface area (Å²) in [6.07, 6.45) is 9.57. The smallest absolute Gasteiger partial charge is 0.101 e. The van der Waals surface area contributed by atoms with Crippen molar-refractivity contribution in [1.29, 1.82) is 0 Å². The largest absolute Gasteiger partial charge is 0.200 e. The Morgan fingerprint density at radius 2 is 1.23 bits per heavy atom. The number of aromatic nitrogens is 3. The van der Waals surface area contributed by atoms with Crippen LogP contribution in [0.25, 0.3) is 16.9 Å². The second-order valence-corrected chi connectivity index (χ2v) is 11.4. The van der Waals surface area contributed by atoms with E-state index in [1.807, 2.05) is 0 Å². The summed E-state index contributed by atoms with van der Waals surface area (Å²) in [6, 6.07) is 13.6. The van der Waals surface area contributed by atoms with Gasteiger partial charge in [0.05, 0.1) is 0 Å². The van der Waals surface area contributed by atoms with E-state index in [9.17, 15) is 0 Å². The van der Waals surface area contributed by atoms with Gasteiger partial charge in [0, 0.05) is 27.8 Å². The van der Waals surface area contributed by atoms with Crippen molar-refractivity contribution in [3.63, 3.8) is 0 Å². The van der Waals surface area contributed by atoms with Crippen molar-refractivity contribution >= 4 is 5.57 Å². The van der Waals surface area contributed by atoms with Crippen molar-refractivity contribution in [3.8, 4) is 11.4 Å². The van der Waals surface area contributed by atoms with Gasteiger partial charge in [-0.05, 0) is 49.4 Å². The zero-order valence-electron chi connectivity index (χ0n) is 23.1. The van der Waals surface area contributed by atoms with E-state index in [-0.39, 0.29) is 0 Å². The minimum Gasteiger partial charge on any atom is -0.101 e. The average molecular weight is 471 g/mol. The summed E-state index contributed by atoms with van der Waals surface area (Å²) in [5, 5.41) is 5.39. The minimum atomic E-state index is 0.420. The summed E-state index contributed by atoms with van der Waals surface area (Å²) in [5.41, 5.74) is 10.6. The molecule has 35 heavy (non-hydrogen) atoms. The summed E-state index contributed by atoms with van der Waals surface area (Å²) in [4.78, 5) is 0. The van der Waals surface area contributed by atoms with Gasteiger partial charge in [0.15, 0.2) is 17.6 Å².